The van der Waals surface area contributed by atoms with Crippen LogP contribution in [0.4, 0.5) is 0 Å². The number of hydrogen-bond donors (Lipinski definition) is 0. The number of ether oxygens (including phenoxy) is 2. The molecular weight excluding hydrogens is 344 g/mol. The van der Waals surface area contributed by atoms with Gasteiger partial charge in [0.05, 0.1) is 6.61 Å². The smallest absolute Gasteiger partial charge is 0.123 e. The van der Waals surface area contributed by atoms with Crippen LogP contribution < -0.4 is 4.74 Å². The number of allylic oxidation sites excluding steroid dienone is 2. The fraction of sp³-hybridized carbons (Fsp3) is 0.692. The van der Waals surface area contributed by atoms with Gasteiger partial charge in [0.25, 0.3) is 0 Å². The molecule has 0 bridgehead atoms. The van der Waals surface area contributed by atoms with Crippen LogP contribution in [0.1, 0.15) is 96.5 Å². The maximum absolute atomic E-state index is 6.00. The second-order valence-corrected chi connectivity index (χ2v) is 8.59. The second-order valence-electron chi connectivity index (χ2n) is 8.59. The average molecular weight is 387 g/mol. The summed E-state index contributed by atoms with van der Waals surface area (Å²) in [7, 11) is 0. The summed E-state index contributed by atoms with van der Waals surface area (Å²) in [5, 5.41) is 0. The largest absolute Gasteiger partial charge is 0.490 e. The van der Waals surface area contributed by atoms with E-state index in [9.17, 15) is 0 Å². The molecule has 1 aliphatic rings. The predicted octanol–water partition coefficient (Wildman–Crippen LogP) is 7.65. The predicted molar refractivity (Wildman–Crippen MR) is 120 cm³/mol. The molecule has 2 nitrogen and oxygen atoms in total. The number of unbranched alkanes of at least 4 members (excludes halogenated alkanes) is 10. The lowest BCUT2D eigenvalue weighted by molar-refractivity contribution is 0.201. The molecular formula is C26H42O2. The Morgan fingerprint density at radius 2 is 1.50 bits per heavy atom. The molecule has 1 fully saturated rings. The summed E-state index contributed by atoms with van der Waals surface area (Å²) in [5.74, 6) is 1.05. The Morgan fingerprint density at radius 3 is 2.14 bits per heavy atom. The third-order valence-corrected chi connectivity index (χ3v) is 5.61. The zero-order valence-corrected chi connectivity index (χ0v) is 18.4. The number of para-hydroxylation sites is 1. The maximum atomic E-state index is 6.00. The van der Waals surface area contributed by atoms with Crippen LogP contribution >= 0.6 is 0 Å². The highest BCUT2D eigenvalue weighted by molar-refractivity contribution is 5.33. The van der Waals surface area contributed by atoms with Crippen LogP contribution in [-0.2, 0) is 11.2 Å². The molecule has 0 aromatic heterocycles. The lowest BCUT2D eigenvalue weighted by Crippen LogP contribution is -2.17. The minimum absolute atomic E-state index is 0.0424. The highest BCUT2D eigenvalue weighted by atomic mass is 16.6. The molecule has 0 amide bonds. The van der Waals surface area contributed by atoms with Crippen molar-refractivity contribution in [1.82, 2.24) is 0 Å². The van der Waals surface area contributed by atoms with Gasteiger partial charge in [-0.3, -0.25) is 0 Å². The zero-order valence-electron chi connectivity index (χ0n) is 18.4. The van der Waals surface area contributed by atoms with E-state index in [1.807, 2.05) is 0 Å². The summed E-state index contributed by atoms with van der Waals surface area (Å²) in [6.45, 7) is 5.81. The lowest BCUT2D eigenvalue weighted by atomic mass is 10.0. The highest BCUT2D eigenvalue weighted by Crippen LogP contribution is 2.28. The van der Waals surface area contributed by atoms with E-state index in [-0.39, 0.29) is 5.60 Å². The van der Waals surface area contributed by atoms with Crippen molar-refractivity contribution in [3.8, 4) is 5.75 Å². The van der Waals surface area contributed by atoms with Crippen molar-refractivity contribution in [1.29, 1.82) is 0 Å². The van der Waals surface area contributed by atoms with Crippen LogP contribution in [-0.4, -0.2) is 18.8 Å². The fourth-order valence-corrected chi connectivity index (χ4v) is 3.56. The molecule has 2 rings (SSSR count). The molecule has 158 valence electrons. The number of hydrogen-bond acceptors (Lipinski definition) is 2. The molecule has 2 heteroatoms. The van der Waals surface area contributed by atoms with Gasteiger partial charge in [-0.15, -0.1) is 0 Å². The summed E-state index contributed by atoms with van der Waals surface area (Å²) >= 11 is 0. The average Bonchev–Trinajstić information content (AvgIpc) is 3.45. The van der Waals surface area contributed by atoms with Crippen LogP contribution in [0, 0.1) is 0 Å². The van der Waals surface area contributed by atoms with Crippen molar-refractivity contribution in [2.24, 2.45) is 0 Å². The summed E-state index contributed by atoms with van der Waals surface area (Å²) in [6, 6.07) is 8.50. The van der Waals surface area contributed by atoms with Gasteiger partial charge in [0.15, 0.2) is 0 Å². The van der Waals surface area contributed by atoms with Crippen molar-refractivity contribution in [2.45, 2.75) is 103 Å². The summed E-state index contributed by atoms with van der Waals surface area (Å²) in [6.07, 6.45) is 22.0. The number of benzene rings is 1. The lowest BCUT2D eigenvalue weighted by Gasteiger charge is -2.13. The molecule has 1 saturated heterocycles. The van der Waals surface area contributed by atoms with E-state index in [1.165, 1.54) is 82.6 Å². The normalized spacial score (nSPS) is 18.6. The minimum Gasteiger partial charge on any atom is -0.490 e. The quantitative estimate of drug-likeness (QED) is 0.156. The van der Waals surface area contributed by atoms with E-state index < -0.39 is 0 Å². The van der Waals surface area contributed by atoms with Crippen molar-refractivity contribution < 1.29 is 9.47 Å². The van der Waals surface area contributed by atoms with E-state index in [1.54, 1.807) is 0 Å². The second kappa shape index (κ2) is 13.8. The maximum Gasteiger partial charge on any atom is 0.123 e. The van der Waals surface area contributed by atoms with Crippen molar-refractivity contribution in [2.75, 3.05) is 13.2 Å². The number of aryl methyl sites for hydroxylation is 1. The fourth-order valence-electron chi connectivity index (χ4n) is 3.56. The van der Waals surface area contributed by atoms with Gasteiger partial charge in [-0.05, 0) is 50.7 Å². The molecule has 1 heterocycles. The Balaban J connectivity index is 1.43. The monoisotopic (exact) mass is 386 g/mol. The van der Waals surface area contributed by atoms with E-state index in [4.69, 9.17) is 9.47 Å². The van der Waals surface area contributed by atoms with Crippen LogP contribution in [0.25, 0.3) is 0 Å². The van der Waals surface area contributed by atoms with E-state index in [0.717, 1.165) is 18.8 Å². The summed E-state index contributed by atoms with van der Waals surface area (Å²) in [5.41, 5.74) is 1.31. The van der Waals surface area contributed by atoms with Crippen LogP contribution in [0.5, 0.6) is 5.75 Å². The first-order valence-electron chi connectivity index (χ1n) is 11.7. The van der Waals surface area contributed by atoms with Gasteiger partial charge in [-0.25, -0.2) is 0 Å². The van der Waals surface area contributed by atoms with Crippen LogP contribution in [0.3, 0.4) is 0 Å². The molecule has 0 N–H and O–H groups in total. The van der Waals surface area contributed by atoms with Gasteiger partial charge >= 0.3 is 0 Å². The van der Waals surface area contributed by atoms with Gasteiger partial charge in [0.1, 0.15) is 18.0 Å². The molecule has 0 spiro atoms. The topological polar surface area (TPSA) is 21.8 Å². The highest BCUT2D eigenvalue weighted by Gasteiger charge is 2.40. The minimum atomic E-state index is -0.0424. The zero-order chi connectivity index (χ0) is 19.9. The van der Waals surface area contributed by atoms with Crippen molar-refractivity contribution in [3.63, 3.8) is 0 Å². The van der Waals surface area contributed by atoms with Gasteiger partial charge in [0, 0.05) is 0 Å². The number of rotatable bonds is 17. The van der Waals surface area contributed by atoms with E-state index >= 15 is 0 Å². The third kappa shape index (κ3) is 10.3. The van der Waals surface area contributed by atoms with Gasteiger partial charge in [-0.2, -0.15) is 0 Å². The molecule has 1 aromatic carbocycles. The first-order chi connectivity index (χ1) is 13.7. The number of epoxide rings is 1. The molecule has 1 unspecified atom stereocenters. The SMILES string of the molecule is CC/C=C/CCCCCCCCCCCCc1ccccc1OCC1(C)CO1. The van der Waals surface area contributed by atoms with Crippen LogP contribution in [0.2, 0.25) is 0 Å². The first kappa shape index (κ1) is 23.0. The molecule has 1 aromatic rings. The molecule has 1 atom stereocenters. The van der Waals surface area contributed by atoms with Crippen LogP contribution in [0.15, 0.2) is 36.4 Å². The standard InChI is InChI=1S/C26H42O2/c1-3-4-5-6-7-8-9-10-11-12-13-14-15-16-19-24-20-17-18-21-25(24)27-22-26(2)23-28-26/h4-5,17-18,20-21H,3,6-16,19,22-23H2,1-2H3/b5-4+. The van der Waals surface area contributed by atoms with Gasteiger partial charge < -0.3 is 9.47 Å². The molecule has 0 saturated carbocycles. The Kier molecular flexibility index (Phi) is 11.4. The first-order valence-corrected chi connectivity index (χ1v) is 11.7. The van der Waals surface area contributed by atoms with E-state index in [0.29, 0.717) is 6.61 Å². The summed E-state index contributed by atoms with van der Waals surface area (Å²) < 4.78 is 11.4. The molecule has 0 radical (unpaired) electrons. The Bertz CT molecular complexity index is 545. The van der Waals surface area contributed by atoms with Gasteiger partial charge in [0.2, 0.25) is 0 Å². The molecule has 0 aliphatic carbocycles. The summed E-state index contributed by atoms with van der Waals surface area (Å²) in [4.78, 5) is 0. The Morgan fingerprint density at radius 1 is 0.893 bits per heavy atom. The Hall–Kier alpha value is -1.28. The van der Waals surface area contributed by atoms with Crippen molar-refractivity contribution in [3.05, 3.63) is 42.0 Å². The Labute approximate surface area is 173 Å². The molecule has 28 heavy (non-hydrogen) atoms. The molecule has 1 aliphatic heterocycles. The van der Waals surface area contributed by atoms with E-state index in [2.05, 4.69) is 50.3 Å². The van der Waals surface area contributed by atoms with Gasteiger partial charge in [-0.1, -0.05) is 88.6 Å². The van der Waals surface area contributed by atoms with Crippen molar-refractivity contribution >= 4 is 0 Å². The third-order valence-electron chi connectivity index (χ3n) is 5.61.